The summed E-state index contributed by atoms with van der Waals surface area (Å²) >= 11 is 0. The van der Waals surface area contributed by atoms with E-state index in [2.05, 4.69) is 29.5 Å². The molecule has 6 nitrogen and oxygen atoms in total. The number of guanidine groups is 1. The molecule has 0 amide bonds. The summed E-state index contributed by atoms with van der Waals surface area (Å²) in [6.07, 6.45) is 7.27. The molecule has 2 aliphatic carbocycles. The van der Waals surface area contributed by atoms with Gasteiger partial charge in [0, 0.05) is 24.6 Å². The van der Waals surface area contributed by atoms with Crippen molar-refractivity contribution >= 4 is 29.9 Å². The Bertz CT molecular complexity index is 558. The first-order chi connectivity index (χ1) is 12.2. The minimum atomic E-state index is -0.719. The summed E-state index contributed by atoms with van der Waals surface area (Å²) in [5.74, 6) is 1.31. The number of furan rings is 1. The molecule has 1 spiro atoms. The van der Waals surface area contributed by atoms with Crippen LogP contribution in [0.2, 0.25) is 0 Å². The molecule has 0 aliphatic heterocycles. The first-order valence-corrected chi connectivity index (χ1v) is 9.57. The molecule has 2 aliphatic rings. The van der Waals surface area contributed by atoms with E-state index in [4.69, 9.17) is 9.15 Å². The van der Waals surface area contributed by atoms with E-state index in [0.717, 1.165) is 25.5 Å². The largest absolute Gasteiger partial charge is 0.467 e. The van der Waals surface area contributed by atoms with Crippen molar-refractivity contribution in [1.29, 1.82) is 0 Å². The monoisotopic (exact) mass is 477 g/mol. The smallest absolute Gasteiger partial charge is 0.191 e. The Labute approximate surface area is 173 Å². The van der Waals surface area contributed by atoms with Gasteiger partial charge >= 0.3 is 0 Å². The van der Waals surface area contributed by atoms with Crippen LogP contribution in [0.4, 0.5) is 0 Å². The van der Waals surface area contributed by atoms with E-state index in [9.17, 15) is 5.11 Å². The fourth-order valence-corrected chi connectivity index (χ4v) is 4.32. The maximum absolute atomic E-state index is 10.2. The number of hydrogen-bond donors (Lipinski definition) is 3. The van der Waals surface area contributed by atoms with E-state index in [-0.39, 0.29) is 35.9 Å². The lowest BCUT2D eigenvalue weighted by Crippen LogP contribution is -2.65. The van der Waals surface area contributed by atoms with Crippen molar-refractivity contribution in [3.8, 4) is 0 Å². The molecular formula is C19H32IN3O3. The third-order valence-corrected chi connectivity index (χ3v) is 5.64. The highest BCUT2D eigenvalue weighted by atomic mass is 127. The molecule has 148 valence electrons. The van der Waals surface area contributed by atoms with Crippen LogP contribution in [0.25, 0.3) is 0 Å². The van der Waals surface area contributed by atoms with Crippen LogP contribution in [0, 0.1) is 5.41 Å². The van der Waals surface area contributed by atoms with Crippen molar-refractivity contribution < 1.29 is 14.3 Å². The Balaban J connectivity index is 0.00000243. The van der Waals surface area contributed by atoms with Crippen LogP contribution in [0.5, 0.6) is 0 Å². The molecule has 1 aromatic heterocycles. The lowest BCUT2D eigenvalue weighted by molar-refractivity contribution is -0.125. The first kappa shape index (κ1) is 21.5. The second-order valence-electron chi connectivity index (χ2n) is 7.07. The summed E-state index contributed by atoms with van der Waals surface area (Å²) in [5.41, 5.74) is 0.256. The van der Waals surface area contributed by atoms with E-state index >= 15 is 0 Å². The Morgan fingerprint density at radius 3 is 2.81 bits per heavy atom. The number of ether oxygens (including phenoxy) is 1. The molecule has 2 saturated carbocycles. The van der Waals surface area contributed by atoms with Crippen molar-refractivity contribution in [3.63, 3.8) is 0 Å². The Kier molecular flexibility index (Phi) is 8.22. The summed E-state index contributed by atoms with van der Waals surface area (Å²) in [7, 11) is 0. The van der Waals surface area contributed by atoms with Gasteiger partial charge < -0.3 is 24.9 Å². The zero-order valence-corrected chi connectivity index (χ0v) is 18.1. The Morgan fingerprint density at radius 2 is 2.19 bits per heavy atom. The summed E-state index contributed by atoms with van der Waals surface area (Å²) in [5, 5.41) is 17.1. The Morgan fingerprint density at radius 1 is 1.42 bits per heavy atom. The molecule has 7 heteroatoms. The molecule has 3 rings (SSSR count). The molecule has 0 radical (unpaired) electrons. The molecule has 0 bridgehead atoms. The predicted octanol–water partition coefficient (Wildman–Crippen LogP) is 3.22. The van der Waals surface area contributed by atoms with Crippen LogP contribution in [-0.4, -0.2) is 42.9 Å². The van der Waals surface area contributed by atoms with Crippen molar-refractivity contribution in [1.82, 2.24) is 10.6 Å². The van der Waals surface area contributed by atoms with Gasteiger partial charge in [-0.15, -0.1) is 24.0 Å². The number of hydrogen-bond acceptors (Lipinski definition) is 4. The van der Waals surface area contributed by atoms with Crippen molar-refractivity contribution in [3.05, 3.63) is 24.2 Å². The lowest BCUT2D eigenvalue weighted by atomic mass is 9.60. The van der Waals surface area contributed by atoms with Crippen LogP contribution < -0.4 is 10.6 Å². The number of aliphatic imine (C=N–C) groups is 1. The summed E-state index contributed by atoms with van der Waals surface area (Å²) < 4.78 is 11.2. The number of aliphatic hydroxyl groups is 1. The van der Waals surface area contributed by atoms with Gasteiger partial charge in [0.05, 0.1) is 18.9 Å². The van der Waals surface area contributed by atoms with E-state index in [0.29, 0.717) is 17.9 Å². The number of aliphatic hydroxyl groups excluding tert-OH is 1. The second kappa shape index (κ2) is 9.94. The maximum atomic E-state index is 10.2. The minimum absolute atomic E-state index is 0. The molecule has 3 N–H and O–H groups in total. The average Bonchev–Trinajstić information content (AvgIpc) is 3.31. The molecular weight excluding hydrogens is 445 g/mol. The minimum Gasteiger partial charge on any atom is -0.467 e. The van der Waals surface area contributed by atoms with Gasteiger partial charge in [-0.1, -0.05) is 12.8 Å². The van der Waals surface area contributed by atoms with Gasteiger partial charge in [-0.25, -0.2) is 0 Å². The molecule has 26 heavy (non-hydrogen) atoms. The van der Waals surface area contributed by atoms with Crippen LogP contribution in [0.3, 0.4) is 0 Å². The van der Waals surface area contributed by atoms with Gasteiger partial charge in [-0.2, -0.15) is 0 Å². The predicted molar refractivity (Wildman–Crippen MR) is 113 cm³/mol. The number of nitrogens with zero attached hydrogens (tertiary/aromatic N) is 1. The highest BCUT2D eigenvalue weighted by Crippen LogP contribution is 2.54. The molecule has 0 saturated heterocycles. The zero-order valence-electron chi connectivity index (χ0n) is 15.7. The molecule has 2 fully saturated rings. The Hall–Kier alpha value is -0.800. The van der Waals surface area contributed by atoms with Crippen LogP contribution in [0.15, 0.2) is 27.8 Å². The van der Waals surface area contributed by atoms with Gasteiger partial charge in [-0.3, -0.25) is 4.99 Å². The van der Waals surface area contributed by atoms with E-state index in [1.54, 1.807) is 18.4 Å². The standard InChI is InChI=1S/C19H31N3O3.HI/c1-3-20-18(21-13-14(23)15-8-7-11-25-15)22-16-12-17(24-4-2)19(16)9-5-6-10-19;/h7-8,11,14,16-17,23H,3-6,9-10,12-13H2,1-2H3,(H2,20,21,22);1H. The summed E-state index contributed by atoms with van der Waals surface area (Å²) in [6.45, 7) is 5.97. The highest BCUT2D eigenvalue weighted by molar-refractivity contribution is 14.0. The van der Waals surface area contributed by atoms with Gasteiger partial charge in [-0.05, 0) is 45.2 Å². The van der Waals surface area contributed by atoms with Gasteiger partial charge in [0.15, 0.2) is 5.96 Å². The third-order valence-electron chi connectivity index (χ3n) is 5.64. The lowest BCUT2D eigenvalue weighted by Gasteiger charge is -2.54. The molecule has 1 heterocycles. The number of halogens is 1. The van der Waals surface area contributed by atoms with Crippen LogP contribution >= 0.6 is 24.0 Å². The normalized spacial score (nSPS) is 25.4. The SMILES string of the molecule is CCNC(=NCC(O)c1ccco1)NC1CC(OCC)C12CCCC2.I. The highest BCUT2D eigenvalue weighted by Gasteiger charge is 2.56. The van der Waals surface area contributed by atoms with Crippen molar-refractivity contribution in [2.45, 2.75) is 64.2 Å². The van der Waals surface area contributed by atoms with Crippen LogP contribution in [0.1, 0.15) is 57.8 Å². The summed E-state index contributed by atoms with van der Waals surface area (Å²) in [4.78, 5) is 4.56. The fourth-order valence-electron chi connectivity index (χ4n) is 4.32. The average molecular weight is 477 g/mol. The summed E-state index contributed by atoms with van der Waals surface area (Å²) in [6, 6.07) is 3.94. The van der Waals surface area contributed by atoms with Gasteiger partial charge in [0.25, 0.3) is 0 Å². The number of rotatable bonds is 7. The van der Waals surface area contributed by atoms with Crippen LogP contribution in [-0.2, 0) is 4.74 Å². The van der Waals surface area contributed by atoms with Crippen molar-refractivity contribution in [2.75, 3.05) is 19.7 Å². The quantitative estimate of drug-likeness (QED) is 0.319. The maximum Gasteiger partial charge on any atom is 0.191 e. The molecule has 0 aromatic carbocycles. The molecule has 1 aromatic rings. The van der Waals surface area contributed by atoms with E-state index in [1.807, 2.05) is 0 Å². The van der Waals surface area contributed by atoms with Gasteiger partial charge in [0.1, 0.15) is 11.9 Å². The molecule has 3 atom stereocenters. The topological polar surface area (TPSA) is 79.0 Å². The molecule has 3 unspecified atom stereocenters. The first-order valence-electron chi connectivity index (χ1n) is 9.57. The fraction of sp³-hybridized carbons (Fsp3) is 0.737. The van der Waals surface area contributed by atoms with E-state index in [1.165, 1.54) is 25.7 Å². The second-order valence-corrected chi connectivity index (χ2v) is 7.07. The van der Waals surface area contributed by atoms with E-state index < -0.39 is 6.10 Å². The van der Waals surface area contributed by atoms with Crippen molar-refractivity contribution in [2.24, 2.45) is 10.4 Å². The number of nitrogens with one attached hydrogen (secondary N) is 2. The van der Waals surface area contributed by atoms with Gasteiger partial charge in [0.2, 0.25) is 0 Å². The third kappa shape index (κ3) is 4.54. The zero-order chi connectivity index (χ0) is 17.7.